The van der Waals surface area contributed by atoms with Crippen LogP contribution in [0.5, 0.6) is 0 Å². The van der Waals surface area contributed by atoms with E-state index in [1.807, 2.05) is 0 Å². The Morgan fingerprint density at radius 1 is 1.25 bits per heavy atom. The number of carbonyl (C=O) groups is 1. The molecule has 0 aliphatic carbocycles. The maximum Gasteiger partial charge on any atom is 0.249 e. The van der Waals surface area contributed by atoms with Crippen LogP contribution >= 0.6 is 0 Å². The molecule has 0 bridgehead atoms. The number of nitrogen functional groups attached to an aromatic ring is 1. The van der Waals surface area contributed by atoms with Gasteiger partial charge in [-0.1, -0.05) is 12.1 Å². The van der Waals surface area contributed by atoms with E-state index in [9.17, 15) is 9.18 Å². The molecule has 1 amide bonds. The van der Waals surface area contributed by atoms with E-state index in [4.69, 9.17) is 5.73 Å². The number of pyridine rings is 1. The van der Waals surface area contributed by atoms with E-state index in [0.29, 0.717) is 17.2 Å². The van der Waals surface area contributed by atoms with Crippen LogP contribution in [0.25, 0.3) is 6.08 Å². The van der Waals surface area contributed by atoms with Gasteiger partial charge < -0.3 is 11.1 Å². The van der Waals surface area contributed by atoms with Gasteiger partial charge in [-0.3, -0.25) is 4.79 Å². The van der Waals surface area contributed by atoms with Crippen molar-refractivity contribution in [2.24, 2.45) is 0 Å². The van der Waals surface area contributed by atoms with Gasteiger partial charge in [-0.2, -0.15) is 0 Å². The first-order valence-corrected chi connectivity index (χ1v) is 6.02. The van der Waals surface area contributed by atoms with Crippen LogP contribution in [0.15, 0.2) is 42.5 Å². The first-order chi connectivity index (χ1) is 9.54. The van der Waals surface area contributed by atoms with E-state index in [1.54, 1.807) is 37.3 Å². The lowest BCUT2D eigenvalue weighted by atomic mass is 10.2. The van der Waals surface area contributed by atoms with E-state index in [-0.39, 0.29) is 11.7 Å². The fraction of sp³-hybridized carbons (Fsp3) is 0.0667. The molecule has 0 saturated carbocycles. The third-order valence-electron chi connectivity index (χ3n) is 2.68. The van der Waals surface area contributed by atoms with Gasteiger partial charge in [-0.15, -0.1) is 0 Å². The Hall–Kier alpha value is -2.69. The molecule has 2 aromatic rings. The molecule has 2 rings (SSSR count). The van der Waals surface area contributed by atoms with E-state index in [1.165, 1.54) is 18.2 Å². The largest absolute Gasteiger partial charge is 0.397 e. The molecule has 0 saturated heterocycles. The van der Waals surface area contributed by atoms with Gasteiger partial charge in [-0.25, -0.2) is 9.37 Å². The second kappa shape index (κ2) is 5.97. The van der Waals surface area contributed by atoms with Gasteiger partial charge in [0.25, 0.3) is 0 Å². The second-order valence-electron chi connectivity index (χ2n) is 4.25. The zero-order valence-corrected chi connectivity index (χ0v) is 10.9. The molecule has 1 heterocycles. The number of nitrogens with one attached hydrogen (secondary N) is 1. The van der Waals surface area contributed by atoms with E-state index >= 15 is 0 Å². The summed E-state index contributed by atoms with van der Waals surface area (Å²) in [5.74, 6) is -0.190. The Bertz CT molecular complexity index is 651. The average Bonchev–Trinajstić information content (AvgIpc) is 2.42. The van der Waals surface area contributed by atoms with Crippen LogP contribution in [-0.2, 0) is 4.79 Å². The molecule has 0 aliphatic heterocycles. The molecule has 3 N–H and O–H groups in total. The van der Waals surface area contributed by atoms with Gasteiger partial charge in [0.05, 0.1) is 11.4 Å². The minimum atomic E-state index is -0.314. The highest BCUT2D eigenvalue weighted by atomic mass is 19.1. The van der Waals surface area contributed by atoms with E-state index < -0.39 is 0 Å². The normalized spacial score (nSPS) is 10.7. The van der Waals surface area contributed by atoms with Crippen molar-refractivity contribution < 1.29 is 9.18 Å². The van der Waals surface area contributed by atoms with E-state index in [0.717, 1.165) is 5.56 Å². The third-order valence-corrected chi connectivity index (χ3v) is 2.68. The Kier molecular flexibility index (Phi) is 4.10. The zero-order valence-electron chi connectivity index (χ0n) is 10.9. The second-order valence-corrected chi connectivity index (χ2v) is 4.25. The maximum atomic E-state index is 12.7. The lowest BCUT2D eigenvalue weighted by molar-refractivity contribution is -0.111. The highest BCUT2D eigenvalue weighted by Crippen LogP contribution is 2.12. The third kappa shape index (κ3) is 3.65. The van der Waals surface area contributed by atoms with Gasteiger partial charge in [0.1, 0.15) is 11.6 Å². The highest BCUT2D eigenvalue weighted by molar-refractivity contribution is 6.01. The summed E-state index contributed by atoms with van der Waals surface area (Å²) < 4.78 is 12.7. The summed E-state index contributed by atoms with van der Waals surface area (Å²) in [6, 6.07) is 9.16. The first kappa shape index (κ1) is 13.7. The van der Waals surface area contributed by atoms with Crippen LogP contribution in [0.1, 0.15) is 11.3 Å². The maximum absolute atomic E-state index is 12.7. The van der Waals surface area contributed by atoms with Gasteiger partial charge in [0.15, 0.2) is 0 Å². The quantitative estimate of drug-likeness (QED) is 0.843. The van der Waals surface area contributed by atoms with Crippen LogP contribution in [0.4, 0.5) is 15.9 Å². The topological polar surface area (TPSA) is 68.0 Å². The highest BCUT2D eigenvalue weighted by Gasteiger charge is 2.01. The standard InChI is InChI=1S/C15H14FN3O/c1-10-13(17)7-8-14(18-10)19-15(20)9-4-11-2-5-12(16)6-3-11/h2-9H,17H2,1H3,(H,18,19,20)/b9-4+. The lowest BCUT2D eigenvalue weighted by Crippen LogP contribution is -2.10. The van der Waals surface area contributed by atoms with Crippen LogP contribution < -0.4 is 11.1 Å². The van der Waals surface area contributed by atoms with Crippen molar-refractivity contribution in [2.75, 3.05) is 11.1 Å². The molecule has 0 spiro atoms. The van der Waals surface area contributed by atoms with Crippen molar-refractivity contribution >= 4 is 23.5 Å². The fourth-order valence-electron chi connectivity index (χ4n) is 1.56. The van der Waals surface area contributed by atoms with Gasteiger partial charge in [-0.05, 0) is 42.8 Å². The molecule has 0 fully saturated rings. The Balaban J connectivity index is 2.01. The monoisotopic (exact) mass is 271 g/mol. The van der Waals surface area contributed by atoms with Crippen molar-refractivity contribution in [3.05, 3.63) is 59.5 Å². The number of aryl methyl sites for hydroxylation is 1. The van der Waals surface area contributed by atoms with Crippen LogP contribution in [0, 0.1) is 12.7 Å². The minimum absolute atomic E-state index is 0.312. The van der Waals surface area contributed by atoms with Crippen LogP contribution in [-0.4, -0.2) is 10.9 Å². The smallest absolute Gasteiger partial charge is 0.249 e. The zero-order chi connectivity index (χ0) is 14.5. The van der Waals surface area contributed by atoms with Crippen LogP contribution in [0.3, 0.4) is 0 Å². The number of rotatable bonds is 3. The van der Waals surface area contributed by atoms with Crippen molar-refractivity contribution in [1.29, 1.82) is 0 Å². The number of aromatic nitrogens is 1. The predicted molar refractivity (Wildman–Crippen MR) is 77.5 cm³/mol. The summed E-state index contributed by atoms with van der Waals surface area (Å²) in [4.78, 5) is 15.8. The number of benzene rings is 1. The number of amides is 1. The summed E-state index contributed by atoms with van der Waals surface area (Å²) in [6.07, 6.45) is 2.96. The van der Waals surface area contributed by atoms with Crippen molar-refractivity contribution in [1.82, 2.24) is 4.98 Å². The predicted octanol–water partition coefficient (Wildman–Crippen LogP) is 2.76. The number of hydrogen-bond acceptors (Lipinski definition) is 3. The molecule has 1 aromatic carbocycles. The number of halogens is 1. The van der Waals surface area contributed by atoms with Gasteiger partial charge in [0.2, 0.25) is 5.91 Å². The lowest BCUT2D eigenvalue weighted by Gasteiger charge is -2.04. The SMILES string of the molecule is Cc1nc(NC(=O)/C=C/c2ccc(F)cc2)ccc1N. The molecule has 102 valence electrons. The molecule has 5 heteroatoms. The number of hydrogen-bond donors (Lipinski definition) is 2. The molecule has 0 atom stereocenters. The number of carbonyl (C=O) groups excluding carboxylic acids is 1. The van der Waals surface area contributed by atoms with Gasteiger partial charge in [0, 0.05) is 6.08 Å². The molecule has 20 heavy (non-hydrogen) atoms. The summed E-state index contributed by atoms with van der Waals surface area (Å²) in [5.41, 5.74) is 7.62. The average molecular weight is 271 g/mol. The molecule has 4 nitrogen and oxygen atoms in total. The summed E-state index contributed by atoms with van der Waals surface area (Å²) in [7, 11) is 0. The van der Waals surface area contributed by atoms with Gasteiger partial charge >= 0.3 is 0 Å². The van der Waals surface area contributed by atoms with E-state index in [2.05, 4.69) is 10.3 Å². The molecular weight excluding hydrogens is 257 g/mol. The number of nitrogens with two attached hydrogens (primary N) is 1. The Morgan fingerprint density at radius 3 is 2.60 bits per heavy atom. The minimum Gasteiger partial charge on any atom is -0.397 e. The summed E-state index contributed by atoms with van der Waals surface area (Å²) in [5, 5.41) is 2.63. The van der Waals surface area contributed by atoms with Crippen molar-refractivity contribution in [3.8, 4) is 0 Å². The number of nitrogens with zero attached hydrogens (tertiary/aromatic N) is 1. The first-order valence-electron chi connectivity index (χ1n) is 6.02. The Morgan fingerprint density at radius 2 is 1.95 bits per heavy atom. The number of anilines is 2. The fourth-order valence-corrected chi connectivity index (χ4v) is 1.56. The van der Waals surface area contributed by atoms with Crippen molar-refractivity contribution in [2.45, 2.75) is 6.92 Å². The molecule has 0 radical (unpaired) electrons. The summed E-state index contributed by atoms with van der Waals surface area (Å²) >= 11 is 0. The Labute approximate surface area is 116 Å². The molecule has 0 aliphatic rings. The van der Waals surface area contributed by atoms with Crippen molar-refractivity contribution in [3.63, 3.8) is 0 Å². The summed E-state index contributed by atoms with van der Waals surface area (Å²) in [6.45, 7) is 1.76. The molecule has 0 unspecified atom stereocenters. The van der Waals surface area contributed by atoms with Crippen LogP contribution in [0.2, 0.25) is 0 Å². The molecular formula is C15H14FN3O. The molecule has 1 aromatic heterocycles.